The van der Waals surface area contributed by atoms with E-state index in [-0.39, 0.29) is 12.1 Å². The Morgan fingerprint density at radius 1 is 1.47 bits per heavy atom. The average Bonchev–Trinajstić information content (AvgIpc) is 2.96. The Balaban J connectivity index is 1.54. The van der Waals surface area contributed by atoms with Crippen LogP contribution in [0.15, 0.2) is 12.3 Å². The van der Waals surface area contributed by atoms with Gasteiger partial charge in [0.15, 0.2) is 0 Å². The number of nitrogens with two attached hydrogens (primary N) is 1. The molecule has 1 aliphatic heterocycles. The second-order valence-corrected chi connectivity index (χ2v) is 5.36. The van der Waals surface area contributed by atoms with Crippen molar-refractivity contribution in [1.82, 2.24) is 4.57 Å². The number of nitrogens with zero attached hydrogens (tertiary/aromatic N) is 1. The van der Waals surface area contributed by atoms with E-state index in [1.165, 1.54) is 0 Å². The number of aromatic nitrogens is 1. The molecule has 1 aliphatic carbocycles. The van der Waals surface area contributed by atoms with E-state index in [0.29, 0.717) is 24.0 Å². The molecule has 0 bridgehead atoms. The first-order chi connectivity index (χ1) is 9.24. The van der Waals surface area contributed by atoms with Crippen molar-refractivity contribution in [3.05, 3.63) is 18.0 Å². The van der Waals surface area contributed by atoms with Gasteiger partial charge in [0.05, 0.1) is 18.4 Å². The van der Waals surface area contributed by atoms with Crippen molar-refractivity contribution < 1.29 is 14.3 Å². The van der Waals surface area contributed by atoms with Crippen LogP contribution in [0.5, 0.6) is 0 Å². The zero-order chi connectivity index (χ0) is 13.2. The van der Waals surface area contributed by atoms with Crippen molar-refractivity contribution in [2.24, 2.45) is 0 Å². The van der Waals surface area contributed by atoms with Gasteiger partial charge in [-0.3, -0.25) is 0 Å². The van der Waals surface area contributed by atoms with Crippen LogP contribution >= 0.6 is 0 Å². The minimum absolute atomic E-state index is 0.257. The fourth-order valence-corrected chi connectivity index (χ4v) is 2.55. The van der Waals surface area contributed by atoms with Crippen LogP contribution in [0, 0.1) is 0 Å². The van der Waals surface area contributed by atoms with Crippen LogP contribution in [0.1, 0.15) is 48.6 Å². The van der Waals surface area contributed by atoms with Gasteiger partial charge in [-0.25, -0.2) is 4.79 Å². The molecule has 2 fully saturated rings. The molecule has 1 aromatic rings. The lowest BCUT2D eigenvalue weighted by atomic mass is 10.2. The summed E-state index contributed by atoms with van der Waals surface area (Å²) in [6, 6.07) is 2.13. The van der Waals surface area contributed by atoms with Gasteiger partial charge in [-0.1, -0.05) is 0 Å². The number of hydrogen-bond acceptors (Lipinski definition) is 4. The van der Waals surface area contributed by atoms with E-state index >= 15 is 0 Å². The Bertz CT molecular complexity index is 459. The molecule has 3 rings (SSSR count). The summed E-state index contributed by atoms with van der Waals surface area (Å²) in [5.41, 5.74) is 6.96. The number of carbonyl (C=O) groups is 1. The van der Waals surface area contributed by atoms with Gasteiger partial charge in [0.2, 0.25) is 0 Å². The number of anilines is 1. The summed E-state index contributed by atoms with van der Waals surface area (Å²) in [4.78, 5) is 12.0. The highest BCUT2D eigenvalue weighted by molar-refractivity contribution is 5.89. The standard InChI is InChI=1S/C14H20N2O3/c15-10-8-13(16(9-10)11-3-4-11)14(17)19-7-5-12-2-1-6-18-12/h8-9,11-12H,1-7,15H2. The lowest BCUT2D eigenvalue weighted by molar-refractivity contribution is 0.0375. The highest BCUT2D eigenvalue weighted by atomic mass is 16.5. The topological polar surface area (TPSA) is 66.5 Å². The van der Waals surface area contributed by atoms with E-state index in [1.54, 1.807) is 6.07 Å². The maximum Gasteiger partial charge on any atom is 0.355 e. The molecule has 1 aromatic heterocycles. The molecule has 1 saturated carbocycles. The van der Waals surface area contributed by atoms with Crippen LogP contribution in [0.3, 0.4) is 0 Å². The van der Waals surface area contributed by atoms with Crippen LogP contribution in [0.2, 0.25) is 0 Å². The first-order valence-electron chi connectivity index (χ1n) is 7.00. The maximum absolute atomic E-state index is 12.0. The van der Waals surface area contributed by atoms with E-state index < -0.39 is 0 Å². The third-order valence-electron chi connectivity index (χ3n) is 3.72. The van der Waals surface area contributed by atoms with Gasteiger partial charge < -0.3 is 19.8 Å². The zero-order valence-corrected chi connectivity index (χ0v) is 11.0. The number of hydrogen-bond donors (Lipinski definition) is 1. The molecular formula is C14H20N2O3. The Labute approximate surface area is 112 Å². The summed E-state index contributed by atoms with van der Waals surface area (Å²) >= 11 is 0. The number of nitrogen functional groups attached to an aromatic ring is 1. The molecule has 0 radical (unpaired) electrons. The van der Waals surface area contributed by atoms with E-state index in [2.05, 4.69) is 0 Å². The van der Waals surface area contributed by atoms with Gasteiger partial charge in [-0.2, -0.15) is 0 Å². The van der Waals surface area contributed by atoms with Crippen LogP contribution in [0.4, 0.5) is 5.69 Å². The van der Waals surface area contributed by atoms with Gasteiger partial charge in [0.25, 0.3) is 0 Å². The predicted molar refractivity (Wildman–Crippen MR) is 71.0 cm³/mol. The number of rotatable bonds is 5. The van der Waals surface area contributed by atoms with E-state index in [4.69, 9.17) is 15.2 Å². The summed E-state index contributed by atoms with van der Waals surface area (Å²) in [5.74, 6) is -0.276. The SMILES string of the molecule is Nc1cc(C(=O)OCCC2CCCO2)n(C2CC2)c1. The van der Waals surface area contributed by atoms with Crippen LogP contribution in [0.25, 0.3) is 0 Å². The molecule has 0 aromatic carbocycles. The number of ether oxygens (including phenoxy) is 2. The summed E-state index contributed by atoms with van der Waals surface area (Å²) in [5, 5.41) is 0. The Morgan fingerprint density at radius 2 is 2.32 bits per heavy atom. The smallest absolute Gasteiger partial charge is 0.355 e. The second-order valence-electron chi connectivity index (χ2n) is 5.36. The molecular weight excluding hydrogens is 244 g/mol. The monoisotopic (exact) mass is 264 g/mol. The first-order valence-corrected chi connectivity index (χ1v) is 7.00. The molecule has 104 valence electrons. The fourth-order valence-electron chi connectivity index (χ4n) is 2.55. The molecule has 2 heterocycles. The quantitative estimate of drug-likeness (QED) is 0.827. The molecule has 2 aliphatic rings. The number of esters is 1. The molecule has 5 heteroatoms. The van der Waals surface area contributed by atoms with Crippen molar-refractivity contribution in [2.75, 3.05) is 18.9 Å². The second kappa shape index (κ2) is 5.25. The summed E-state index contributed by atoms with van der Waals surface area (Å²) < 4.78 is 12.8. The predicted octanol–water partition coefficient (Wildman–Crippen LogP) is 2.13. The fraction of sp³-hybridized carbons (Fsp3) is 0.643. The van der Waals surface area contributed by atoms with Crippen molar-refractivity contribution in [2.45, 2.75) is 44.2 Å². The van der Waals surface area contributed by atoms with Gasteiger partial charge in [0, 0.05) is 25.3 Å². The van der Waals surface area contributed by atoms with Crippen molar-refractivity contribution in [3.8, 4) is 0 Å². The molecule has 5 nitrogen and oxygen atoms in total. The van der Waals surface area contributed by atoms with Gasteiger partial charge >= 0.3 is 5.97 Å². The summed E-state index contributed by atoms with van der Waals surface area (Å²) in [6.07, 6.45) is 7.28. The van der Waals surface area contributed by atoms with E-state index in [0.717, 1.165) is 38.7 Å². The van der Waals surface area contributed by atoms with Gasteiger partial charge in [-0.15, -0.1) is 0 Å². The minimum Gasteiger partial charge on any atom is -0.461 e. The normalized spacial score (nSPS) is 22.6. The summed E-state index contributed by atoms with van der Waals surface area (Å²) in [6.45, 7) is 1.25. The summed E-state index contributed by atoms with van der Waals surface area (Å²) in [7, 11) is 0. The zero-order valence-electron chi connectivity index (χ0n) is 11.0. The molecule has 1 unspecified atom stereocenters. The van der Waals surface area contributed by atoms with Crippen LogP contribution in [-0.2, 0) is 9.47 Å². The largest absolute Gasteiger partial charge is 0.461 e. The molecule has 1 atom stereocenters. The lowest BCUT2D eigenvalue weighted by Crippen LogP contribution is -2.15. The minimum atomic E-state index is -0.276. The van der Waals surface area contributed by atoms with Crippen molar-refractivity contribution >= 4 is 11.7 Å². The highest BCUT2D eigenvalue weighted by Crippen LogP contribution is 2.37. The van der Waals surface area contributed by atoms with Crippen molar-refractivity contribution in [1.29, 1.82) is 0 Å². The Hall–Kier alpha value is -1.49. The third kappa shape index (κ3) is 2.92. The Kier molecular flexibility index (Phi) is 3.46. The van der Waals surface area contributed by atoms with Gasteiger partial charge in [-0.05, 0) is 31.7 Å². The third-order valence-corrected chi connectivity index (χ3v) is 3.72. The Morgan fingerprint density at radius 3 is 3.00 bits per heavy atom. The van der Waals surface area contributed by atoms with Crippen molar-refractivity contribution in [3.63, 3.8) is 0 Å². The maximum atomic E-state index is 12.0. The molecule has 0 amide bonds. The lowest BCUT2D eigenvalue weighted by Gasteiger charge is -2.10. The highest BCUT2D eigenvalue weighted by Gasteiger charge is 2.28. The van der Waals surface area contributed by atoms with Gasteiger partial charge in [0.1, 0.15) is 5.69 Å². The molecule has 19 heavy (non-hydrogen) atoms. The van der Waals surface area contributed by atoms with E-state index in [1.807, 2.05) is 10.8 Å². The van der Waals surface area contributed by atoms with Crippen LogP contribution < -0.4 is 5.73 Å². The number of carbonyl (C=O) groups excluding carboxylic acids is 1. The van der Waals surface area contributed by atoms with E-state index in [9.17, 15) is 4.79 Å². The molecule has 2 N–H and O–H groups in total. The van der Waals surface area contributed by atoms with Crippen LogP contribution in [-0.4, -0.2) is 29.9 Å². The molecule has 0 spiro atoms. The molecule has 1 saturated heterocycles. The first kappa shape index (κ1) is 12.5. The average molecular weight is 264 g/mol.